The topological polar surface area (TPSA) is 35.1 Å². The first-order chi connectivity index (χ1) is 34.7. The summed E-state index contributed by atoms with van der Waals surface area (Å²) in [4.78, 5) is 0. The van der Waals surface area contributed by atoms with Gasteiger partial charge in [-0.1, -0.05) is 115 Å². The van der Waals surface area contributed by atoms with Crippen LogP contribution in [-0.4, -0.2) is 8.80 Å². The van der Waals surface area contributed by atoms with Gasteiger partial charge in [0.2, 0.25) is 0 Å². The molecule has 0 bridgehead atoms. The number of rotatable bonds is 1. The third-order valence-corrected chi connectivity index (χ3v) is 17.9. The van der Waals surface area contributed by atoms with Crippen molar-refractivity contribution < 1.29 is 8.83 Å². The predicted molar refractivity (Wildman–Crippen MR) is 299 cm³/mol. The van der Waals surface area contributed by atoms with Crippen LogP contribution in [-0.2, 0) is 0 Å². The highest BCUT2D eigenvalue weighted by molar-refractivity contribution is 7.26. The molecule has 70 heavy (non-hydrogen) atoms. The lowest BCUT2D eigenvalue weighted by molar-refractivity contribution is 0.672. The maximum absolute atomic E-state index is 6.94. The second-order valence-corrected chi connectivity index (χ2v) is 21.2. The fraction of sp³-hybridized carbons (Fsp3) is 0. The first-order valence-corrected chi connectivity index (χ1v) is 25.4. The molecule has 8 heterocycles. The van der Waals surface area contributed by atoms with Crippen LogP contribution in [0.1, 0.15) is 0 Å². The Kier molecular flexibility index (Phi) is 6.59. The third-order valence-electron chi connectivity index (χ3n) is 15.6. The average Bonchev–Trinajstić information content (AvgIpc) is 4.26. The highest BCUT2D eigenvalue weighted by atomic mass is 32.1. The number of hydrogen-bond acceptors (Lipinski definition) is 4. The van der Waals surface area contributed by atoms with Crippen LogP contribution in [0, 0.1) is 0 Å². The smallest absolute Gasteiger partial charge is 0.145 e. The number of furan rings is 2. The molecule has 0 atom stereocenters. The molecule has 18 aromatic rings. The molecule has 0 unspecified atom stereocenters. The number of pyridine rings is 2. The molecule has 0 N–H and O–H groups in total. The van der Waals surface area contributed by atoms with E-state index in [1.54, 1.807) is 0 Å². The maximum Gasteiger partial charge on any atom is 0.145 e. The van der Waals surface area contributed by atoms with Crippen molar-refractivity contribution in [2.24, 2.45) is 0 Å². The Bertz CT molecular complexity index is 5440. The molecule has 0 fully saturated rings. The Hall–Kier alpha value is -8.68. The van der Waals surface area contributed by atoms with Gasteiger partial charge in [0.05, 0.1) is 27.8 Å². The van der Waals surface area contributed by atoms with E-state index in [0.717, 1.165) is 65.7 Å². The third kappa shape index (κ3) is 4.43. The van der Waals surface area contributed by atoms with Crippen LogP contribution < -0.4 is 0 Å². The minimum Gasteiger partial charge on any atom is -0.455 e. The van der Waals surface area contributed by atoms with Gasteiger partial charge in [0, 0.05) is 117 Å². The minimum absolute atomic E-state index is 0.905. The second-order valence-electron chi connectivity index (χ2n) is 19.1. The van der Waals surface area contributed by atoms with Gasteiger partial charge >= 0.3 is 0 Å². The van der Waals surface area contributed by atoms with Crippen LogP contribution in [0.4, 0.5) is 0 Å². The van der Waals surface area contributed by atoms with E-state index in [1.165, 1.54) is 106 Å². The van der Waals surface area contributed by atoms with Gasteiger partial charge in [0.1, 0.15) is 22.3 Å². The summed E-state index contributed by atoms with van der Waals surface area (Å²) in [5.74, 6) is 0. The predicted octanol–water partition coefficient (Wildman–Crippen LogP) is 19.3. The number of benzene rings is 10. The molecule has 322 valence electrons. The standard InChI is InChI=1S/C64H32N2O2S2/c1-2-12-35-34(11-1)32-65-50-25-23-42-36-13-5-8-18-52(36)67-63(42)58(50)47-30-56-45(29-48(47)61(35)65)39-22-21-33(27-55(39)70-56)60-40-16-3-4-17-41(40)62-49-31-57-44(38-15-7-10-20-54(38)69-57)28-46(49)59-51(66(60)62)26-24-43-37-14-6-9-19-53(37)68-64(43)59/h1-32H. The van der Waals surface area contributed by atoms with E-state index in [-0.39, 0.29) is 0 Å². The molecular formula is C64H32N2O2S2. The van der Waals surface area contributed by atoms with Crippen molar-refractivity contribution in [1.29, 1.82) is 0 Å². The van der Waals surface area contributed by atoms with E-state index < -0.39 is 0 Å². The number of aromatic nitrogens is 2. The summed E-state index contributed by atoms with van der Waals surface area (Å²) >= 11 is 3.76. The Balaban J connectivity index is 0.966. The van der Waals surface area contributed by atoms with Gasteiger partial charge in [-0.15, -0.1) is 22.7 Å². The molecule has 0 amide bonds. The molecule has 0 aliphatic rings. The first-order valence-electron chi connectivity index (χ1n) is 23.8. The molecule has 0 aliphatic heterocycles. The van der Waals surface area contributed by atoms with E-state index in [0.29, 0.717) is 0 Å². The van der Waals surface area contributed by atoms with E-state index in [4.69, 9.17) is 8.83 Å². The maximum atomic E-state index is 6.94. The zero-order chi connectivity index (χ0) is 45.1. The SMILES string of the molecule is c1ccc2c(c1)cn1c3ccc4c5ccccc5oc4c3c3cc4sc5cc(-c6c7ccccc7c7c8cc9sc%10ccccc%10c9cc8c8c9oc%10ccccc%10c9ccc8n67)ccc5c4cc3c21. The van der Waals surface area contributed by atoms with Crippen LogP contribution >= 0.6 is 22.7 Å². The Labute approximate surface area is 403 Å². The van der Waals surface area contributed by atoms with Crippen LogP contribution in [0.3, 0.4) is 0 Å². The molecule has 0 saturated heterocycles. The van der Waals surface area contributed by atoms with E-state index in [9.17, 15) is 0 Å². The molecule has 4 nitrogen and oxygen atoms in total. The lowest BCUT2D eigenvalue weighted by Crippen LogP contribution is -1.94. The van der Waals surface area contributed by atoms with Gasteiger partial charge < -0.3 is 17.6 Å². The van der Waals surface area contributed by atoms with Gasteiger partial charge in [-0.2, -0.15) is 0 Å². The van der Waals surface area contributed by atoms with Gasteiger partial charge in [-0.25, -0.2) is 0 Å². The van der Waals surface area contributed by atoms with Crippen molar-refractivity contribution >= 4 is 183 Å². The van der Waals surface area contributed by atoms with Gasteiger partial charge in [0.15, 0.2) is 0 Å². The Morgan fingerprint density at radius 3 is 1.63 bits per heavy atom. The molecule has 8 aromatic heterocycles. The first kappa shape index (κ1) is 36.4. The number of fused-ring (bicyclic) bond motifs is 30. The monoisotopic (exact) mass is 924 g/mol. The van der Waals surface area contributed by atoms with Crippen LogP contribution in [0.15, 0.2) is 203 Å². The van der Waals surface area contributed by atoms with E-state index in [1.807, 2.05) is 22.7 Å². The molecular weight excluding hydrogens is 893 g/mol. The van der Waals surface area contributed by atoms with E-state index >= 15 is 0 Å². The summed E-state index contributed by atoms with van der Waals surface area (Å²) in [5, 5.41) is 21.8. The Morgan fingerprint density at radius 2 is 0.857 bits per heavy atom. The summed E-state index contributed by atoms with van der Waals surface area (Å²) < 4.78 is 23.8. The molecule has 10 aromatic carbocycles. The summed E-state index contributed by atoms with van der Waals surface area (Å²) in [6.45, 7) is 0. The quantitative estimate of drug-likeness (QED) is 0.154. The van der Waals surface area contributed by atoms with Crippen molar-refractivity contribution in [3.63, 3.8) is 0 Å². The summed E-state index contributed by atoms with van der Waals surface area (Å²) in [7, 11) is 0. The highest BCUT2D eigenvalue weighted by Gasteiger charge is 2.25. The molecule has 0 aliphatic carbocycles. The van der Waals surface area contributed by atoms with Crippen molar-refractivity contribution in [2.45, 2.75) is 0 Å². The fourth-order valence-corrected chi connectivity index (χ4v) is 15.0. The highest BCUT2D eigenvalue weighted by Crippen LogP contribution is 2.50. The minimum atomic E-state index is 0.905. The van der Waals surface area contributed by atoms with Crippen molar-refractivity contribution in [2.75, 3.05) is 0 Å². The van der Waals surface area contributed by atoms with Crippen LogP contribution in [0.2, 0.25) is 0 Å². The zero-order valence-corrected chi connectivity index (χ0v) is 38.6. The molecule has 0 spiro atoms. The Morgan fingerprint density at radius 1 is 0.329 bits per heavy atom. The summed E-state index contributed by atoms with van der Waals surface area (Å²) in [6, 6.07) is 69.6. The normalized spacial score (nSPS) is 12.9. The van der Waals surface area contributed by atoms with Crippen molar-refractivity contribution in [1.82, 2.24) is 8.80 Å². The fourth-order valence-electron chi connectivity index (χ4n) is 12.7. The number of nitrogens with zero attached hydrogens (tertiary/aromatic N) is 2. The molecule has 0 radical (unpaired) electrons. The largest absolute Gasteiger partial charge is 0.455 e. The zero-order valence-electron chi connectivity index (χ0n) is 37.0. The molecule has 6 heteroatoms. The van der Waals surface area contributed by atoms with Crippen molar-refractivity contribution in [3.8, 4) is 11.3 Å². The summed E-state index contributed by atoms with van der Waals surface area (Å²) in [6.07, 6.45) is 2.30. The van der Waals surface area contributed by atoms with Crippen molar-refractivity contribution in [3.05, 3.63) is 194 Å². The van der Waals surface area contributed by atoms with Gasteiger partial charge in [-0.05, 0) is 83.6 Å². The van der Waals surface area contributed by atoms with Crippen LogP contribution in [0.5, 0.6) is 0 Å². The van der Waals surface area contributed by atoms with Gasteiger partial charge in [-0.3, -0.25) is 0 Å². The van der Waals surface area contributed by atoms with E-state index in [2.05, 4.69) is 203 Å². The lowest BCUT2D eigenvalue weighted by atomic mass is 9.99. The molecule has 18 rings (SSSR count). The van der Waals surface area contributed by atoms with Gasteiger partial charge in [0.25, 0.3) is 0 Å². The summed E-state index contributed by atoms with van der Waals surface area (Å²) in [5.41, 5.74) is 10.8. The van der Waals surface area contributed by atoms with Crippen LogP contribution in [0.25, 0.3) is 171 Å². The average molecular weight is 925 g/mol. The number of para-hydroxylation sites is 2. The lowest BCUT2D eigenvalue weighted by Gasteiger charge is -2.13. The molecule has 0 saturated carbocycles. The number of hydrogen-bond donors (Lipinski definition) is 0. The number of thiophene rings is 2. The second kappa shape index (κ2) is 12.7.